The van der Waals surface area contributed by atoms with Crippen molar-refractivity contribution in [1.82, 2.24) is 5.48 Å². The van der Waals surface area contributed by atoms with Crippen LogP contribution in [0.4, 0.5) is 18.9 Å². The number of hydrazine groups is 1. The van der Waals surface area contributed by atoms with Crippen molar-refractivity contribution in [2.24, 2.45) is 5.84 Å². The first-order valence-electron chi connectivity index (χ1n) is 7.41. The minimum atomic E-state index is -4.75. The Morgan fingerprint density at radius 2 is 1.77 bits per heavy atom. The van der Waals surface area contributed by atoms with Crippen molar-refractivity contribution < 1.29 is 18.0 Å². The molecule has 4 nitrogen and oxygen atoms in total. The van der Waals surface area contributed by atoms with Crippen LogP contribution < -0.4 is 16.3 Å². The Bertz CT molecular complexity index is 850. The fourth-order valence-electron chi connectivity index (χ4n) is 2.65. The highest BCUT2D eigenvalue weighted by atomic mass is 35.5. The Hall–Kier alpha value is -1.93. The van der Waals surface area contributed by atoms with Crippen molar-refractivity contribution in [2.75, 3.05) is 12.1 Å². The Kier molecular flexibility index (Phi) is 4.83. The van der Waals surface area contributed by atoms with Crippen molar-refractivity contribution in [2.45, 2.75) is 11.8 Å². The van der Waals surface area contributed by atoms with Crippen LogP contribution >= 0.6 is 23.2 Å². The normalized spacial score (nSPS) is 19.9. The highest BCUT2D eigenvalue weighted by Gasteiger charge is 2.59. The van der Waals surface area contributed by atoms with Gasteiger partial charge in [-0.3, -0.25) is 10.3 Å². The molecule has 0 radical (unpaired) electrons. The first-order chi connectivity index (χ1) is 12.1. The molecule has 1 atom stereocenters. The molecule has 0 fully saturated rings. The summed E-state index contributed by atoms with van der Waals surface area (Å²) in [5.74, 6) is 5.68. The summed E-state index contributed by atoms with van der Waals surface area (Å²) in [5.41, 5.74) is 0.689. The summed E-state index contributed by atoms with van der Waals surface area (Å²) in [7, 11) is 1.63. The van der Waals surface area contributed by atoms with Crippen LogP contribution in [0.1, 0.15) is 11.1 Å². The third-order valence-electron chi connectivity index (χ3n) is 3.95. The number of rotatable bonds is 3. The van der Waals surface area contributed by atoms with Gasteiger partial charge in [-0.2, -0.15) is 13.2 Å². The molecule has 0 amide bonds. The molecule has 0 spiro atoms. The first kappa shape index (κ1) is 18.8. The number of nitrogens with zero attached hydrogens (tertiary/aromatic N) is 1. The summed E-state index contributed by atoms with van der Waals surface area (Å²) < 4.78 is 41.8. The Labute approximate surface area is 157 Å². The largest absolute Gasteiger partial charge is 0.428 e. The predicted octanol–water partition coefficient (Wildman–Crippen LogP) is 4.64. The first-order valence-corrected chi connectivity index (χ1v) is 8.17. The molecule has 2 aromatic rings. The average Bonchev–Trinajstić information content (AvgIpc) is 3.00. The van der Waals surface area contributed by atoms with Gasteiger partial charge in [0, 0.05) is 28.2 Å². The molecule has 0 aliphatic carbocycles. The van der Waals surface area contributed by atoms with E-state index in [1.54, 1.807) is 31.3 Å². The SMILES string of the molecule is CN(N)c1cccc(C2=CC(c3cc(Cl)cc(Cl)c3)(C(F)(F)F)ON2)c1. The van der Waals surface area contributed by atoms with Gasteiger partial charge in [0.1, 0.15) is 0 Å². The van der Waals surface area contributed by atoms with Crippen molar-refractivity contribution in [1.29, 1.82) is 0 Å². The number of hydrogen-bond acceptors (Lipinski definition) is 4. The molecule has 3 rings (SSSR count). The van der Waals surface area contributed by atoms with E-state index >= 15 is 0 Å². The van der Waals surface area contributed by atoms with Gasteiger partial charge in [-0.1, -0.05) is 35.3 Å². The third kappa shape index (κ3) is 3.35. The smallest absolute Gasteiger partial charge is 0.314 e. The maximum Gasteiger partial charge on any atom is 0.428 e. The average molecular weight is 404 g/mol. The summed E-state index contributed by atoms with van der Waals surface area (Å²) >= 11 is 11.8. The number of nitrogens with one attached hydrogen (secondary N) is 1. The Morgan fingerprint density at radius 3 is 2.35 bits per heavy atom. The lowest BCUT2D eigenvalue weighted by Crippen LogP contribution is -2.42. The number of hydroxylamine groups is 1. The van der Waals surface area contributed by atoms with Gasteiger partial charge in [-0.05, 0) is 36.4 Å². The lowest BCUT2D eigenvalue weighted by Gasteiger charge is -2.28. The van der Waals surface area contributed by atoms with E-state index in [2.05, 4.69) is 5.48 Å². The van der Waals surface area contributed by atoms with Gasteiger partial charge >= 0.3 is 6.18 Å². The predicted molar refractivity (Wildman–Crippen MR) is 95.4 cm³/mol. The van der Waals surface area contributed by atoms with E-state index in [1.165, 1.54) is 23.2 Å². The van der Waals surface area contributed by atoms with Crippen molar-refractivity contribution in [3.63, 3.8) is 0 Å². The van der Waals surface area contributed by atoms with Crippen LogP contribution in [0.15, 0.2) is 48.5 Å². The van der Waals surface area contributed by atoms with Crippen molar-refractivity contribution in [3.05, 3.63) is 69.7 Å². The van der Waals surface area contributed by atoms with Gasteiger partial charge in [-0.15, -0.1) is 0 Å². The zero-order chi connectivity index (χ0) is 19.1. The van der Waals surface area contributed by atoms with E-state index in [1.807, 2.05) is 0 Å². The summed E-state index contributed by atoms with van der Waals surface area (Å²) in [6, 6.07) is 10.4. The number of hydrogen-bond donors (Lipinski definition) is 2. The third-order valence-corrected chi connectivity index (χ3v) is 4.38. The molecule has 0 bridgehead atoms. The van der Waals surface area contributed by atoms with Gasteiger partial charge in [0.25, 0.3) is 0 Å². The second-order valence-electron chi connectivity index (χ2n) is 5.81. The van der Waals surface area contributed by atoms with Gasteiger partial charge in [0.15, 0.2) is 0 Å². The van der Waals surface area contributed by atoms with E-state index in [4.69, 9.17) is 33.9 Å². The Morgan fingerprint density at radius 1 is 1.12 bits per heavy atom. The fraction of sp³-hybridized carbons (Fsp3) is 0.176. The number of alkyl halides is 3. The minimum Gasteiger partial charge on any atom is -0.314 e. The van der Waals surface area contributed by atoms with E-state index < -0.39 is 11.8 Å². The number of nitrogens with two attached hydrogens (primary N) is 1. The molecule has 0 saturated heterocycles. The monoisotopic (exact) mass is 403 g/mol. The maximum absolute atomic E-state index is 13.9. The van der Waals surface area contributed by atoms with Crippen LogP contribution in [-0.4, -0.2) is 13.2 Å². The Balaban J connectivity index is 2.13. The lowest BCUT2D eigenvalue weighted by molar-refractivity contribution is -0.269. The molecule has 1 unspecified atom stereocenters. The highest BCUT2D eigenvalue weighted by Crippen LogP contribution is 2.48. The number of benzene rings is 2. The van der Waals surface area contributed by atoms with Gasteiger partial charge in [0.05, 0.1) is 11.4 Å². The lowest BCUT2D eigenvalue weighted by atomic mass is 9.91. The van der Waals surface area contributed by atoms with Gasteiger partial charge < -0.3 is 5.01 Å². The van der Waals surface area contributed by atoms with Crippen LogP contribution in [0.2, 0.25) is 10.0 Å². The molecule has 9 heteroatoms. The van der Waals surface area contributed by atoms with E-state index in [9.17, 15) is 13.2 Å². The standard InChI is InChI=1S/C17H14Cl2F3N3O/c1-25(23)14-4-2-3-10(5-14)15-9-16(26-24-15,17(20,21)22)11-6-12(18)8-13(19)7-11/h2-9,24H,23H2,1H3. The van der Waals surface area contributed by atoms with E-state index in [0.29, 0.717) is 11.3 Å². The molecule has 1 heterocycles. The molecule has 1 aliphatic rings. The summed E-state index contributed by atoms with van der Waals surface area (Å²) in [6.07, 6.45) is -3.79. The number of halogens is 5. The topological polar surface area (TPSA) is 50.5 Å². The van der Waals surface area contributed by atoms with Crippen molar-refractivity contribution in [3.8, 4) is 0 Å². The molecule has 3 N–H and O–H groups in total. The van der Waals surface area contributed by atoms with E-state index in [-0.39, 0.29) is 21.3 Å². The number of anilines is 1. The molecule has 138 valence electrons. The molecule has 0 aromatic heterocycles. The summed E-state index contributed by atoms with van der Waals surface area (Å²) in [4.78, 5) is 5.04. The van der Waals surface area contributed by atoms with Crippen LogP contribution in [0.5, 0.6) is 0 Å². The zero-order valence-corrected chi connectivity index (χ0v) is 15.0. The van der Waals surface area contributed by atoms with Gasteiger partial charge in [0.2, 0.25) is 5.60 Å². The molecule has 0 saturated carbocycles. The van der Waals surface area contributed by atoms with Crippen LogP contribution in [0.3, 0.4) is 0 Å². The van der Waals surface area contributed by atoms with Crippen LogP contribution in [0.25, 0.3) is 5.70 Å². The van der Waals surface area contributed by atoms with Crippen molar-refractivity contribution >= 4 is 34.6 Å². The second-order valence-corrected chi connectivity index (χ2v) is 6.69. The summed E-state index contributed by atoms with van der Waals surface area (Å²) in [6.45, 7) is 0. The molecule has 26 heavy (non-hydrogen) atoms. The molecular formula is C17H14Cl2F3N3O. The van der Waals surface area contributed by atoms with Gasteiger partial charge in [-0.25, -0.2) is 5.84 Å². The van der Waals surface area contributed by atoms with Crippen LogP contribution in [-0.2, 0) is 10.4 Å². The molecule has 1 aliphatic heterocycles. The highest BCUT2D eigenvalue weighted by molar-refractivity contribution is 6.34. The summed E-state index contributed by atoms with van der Waals surface area (Å²) in [5, 5.41) is 1.51. The molecule has 2 aromatic carbocycles. The quantitative estimate of drug-likeness (QED) is 0.579. The maximum atomic E-state index is 13.9. The molecular weight excluding hydrogens is 390 g/mol. The second kappa shape index (κ2) is 6.66. The van der Waals surface area contributed by atoms with E-state index in [0.717, 1.165) is 6.08 Å². The minimum absolute atomic E-state index is 0.0772. The zero-order valence-electron chi connectivity index (χ0n) is 13.4. The fourth-order valence-corrected chi connectivity index (χ4v) is 3.17. The van der Waals surface area contributed by atoms with Crippen LogP contribution in [0, 0.1) is 0 Å².